The summed E-state index contributed by atoms with van der Waals surface area (Å²) < 4.78 is 44.3. The van der Waals surface area contributed by atoms with Crippen molar-refractivity contribution in [1.82, 2.24) is 5.16 Å². The number of hydrogen-bond donors (Lipinski definition) is 1. The van der Waals surface area contributed by atoms with Gasteiger partial charge in [-0.15, -0.1) is 0 Å². The number of alkyl halides is 2. The molecule has 0 aliphatic heterocycles. The van der Waals surface area contributed by atoms with E-state index in [1.165, 1.54) is 44.6 Å². The third-order valence-electron chi connectivity index (χ3n) is 3.75. The molecule has 3 rings (SSSR count). The summed E-state index contributed by atoms with van der Waals surface area (Å²) in [6.45, 7) is -2.91. The van der Waals surface area contributed by atoms with Crippen LogP contribution in [0.15, 0.2) is 53.1 Å². The molecule has 1 aromatic heterocycles. The minimum atomic E-state index is -2.91. The molecule has 0 radical (unpaired) electrons. The molecule has 28 heavy (non-hydrogen) atoms. The second-order valence-corrected chi connectivity index (χ2v) is 5.50. The third kappa shape index (κ3) is 4.37. The quantitative estimate of drug-likeness (QED) is 0.651. The molecule has 2 aromatic carbocycles. The fraction of sp³-hybridized carbons (Fsp3) is 0.158. The Morgan fingerprint density at radius 1 is 1.04 bits per heavy atom. The molecular formula is C19H16F2N2O5. The van der Waals surface area contributed by atoms with Gasteiger partial charge in [0.25, 0.3) is 5.91 Å². The maximum Gasteiger partial charge on any atom is 0.387 e. The Morgan fingerprint density at radius 3 is 2.39 bits per heavy atom. The summed E-state index contributed by atoms with van der Waals surface area (Å²) in [6.07, 6.45) is 0. The Labute approximate surface area is 158 Å². The summed E-state index contributed by atoms with van der Waals surface area (Å²) in [6, 6.07) is 12.1. The number of benzene rings is 2. The Hall–Kier alpha value is -3.62. The minimum Gasteiger partial charge on any atom is -0.497 e. The van der Waals surface area contributed by atoms with Crippen molar-refractivity contribution >= 4 is 11.6 Å². The van der Waals surface area contributed by atoms with E-state index >= 15 is 0 Å². The number of ether oxygens (including phenoxy) is 3. The maximum atomic E-state index is 12.4. The zero-order chi connectivity index (χ0) is 20.1. The van der Waals surface area contributed by atoms with Gasteiger partial charge in [-0.25, -0.2) is 0 Å². The molecular weight excluding hydrogens is 374 g/mol. The molecule has 146 valence electrons. The first-order valence-electron chi connectivity index (χ1n) is 8.05. The molecule has 3 aromatic rings. The third-order valence-corrected chi connectivity index (χ3v) is 3.75. The topological polar surface area (TPSA) is 82.8 Å². The highest BCUT2D eigenvalue weighted by Gasteiger charge is 2.17. The summed E-state index contributed by atoms with van der Waals surface area (Å²) in [5.74, 6) is 0.894. The predicted octanol–water partition coefficient (Wildman–Crippen LogP) is 4.21. The number of methoxy groups -OCH3 is 2. The monoisotopic (exact) mass is 390 g/mol. The number of halogens is 2. The van der Waals surface area contributed by atoms with Crippen LogP contribution in [0.4, 0.5) is 14.5 Å². The summed E-state index contributed by atoms with van der Waals surface area (Å²) in [5, 5.41) is 6.36. The lowest BCUT2D eigenvalue weighted by molar-refractivity contribution is -0.0498. The summed E-state index contributed by atoms with van der Waals surface area (Å²) in [7, 11) is 3.04. The lowest BCUT2D eigenvalue weighted by Gasteiger charge is -2.07. The minimum absolute atomic E-state index is 0.0122. The van der Waals surface area contributed by atoms with Crippen molar-refractivity contribution in [3.63, 3.8) is 0 Å². The predicted molar refractivity (Wildman–Crippen MR) is 96.1 cm³/mol. The van der Waals surface area contributed by atoms with Gasteiger partial charge in [0.2, 0.25) is 0 Å². The van der Waals surface area contributed by atoms with Crippen LogP contribution in [0, 0.1) is 0 Å². The van der Waals surface area contributed by atoms with Crippen LogP contribution < -0.4 is 19.5 Å². The first-order chi connectivity index (χ1) is 13.5. The normalized spacial score (nSPS) is 10.6. The number of hydrogen-bond acceptors (Lipinski definition) is 6. The van der Waals surface area contributed by atoms with Gasteiger partial charge in [0, 0.05) is 11.8 Å². The first kappa shape index (κ1) is 19.2. The molecule has 0 bridgehead atoms. The number of rotatable bonds is 7. The van der Waals surface area contributed by atoms with Crippen LogP contribution in [-0.2, 0) is 0 Å². The van der Waals surface area contributed by atoms with Gasteiger partial charge in [0.15, 0.2) is 11.5 Å². The van der Waals surface area contributed by atoms with E-state index in [0.717, 1.165) is 0 Å². The van der Waals surface area contributed by atoms with Crippen LogP contribution in [0.5, 0.6) is 17.2 Å². The highest BCUT2D eigenvalue weighted by atomic mass is 19.3. The van der Waals surface area contributed by atoms with Crippen LogP contribution >= 0.6 is 0 Å². The van der Waals surface area contributed by atoms with Crippen molar-refractivity contribution in [3.05, 3.63) is 54.2 Å². The van der Waals surface area contributed by atoms with Gasteiger partial charge < -0.3 is 24.1 Å². The van der Waals surface area contributed by atoms with Crippen LogP contribution in [-0.4, -0.2) is 31.9 Å². The average molecular weight is 390 g/mol. The molecule has 0 saturated heterocycles. The highest BCUT2D eigenvalue weighted by molar-refractivity contribution is 6.03. The second-order valence-electron chi connectivity index (χ2n) is 5.50. The number of carbonyl (C=O) groups excluding carboxylic acids is 1. The van der Waals surface area contributed by atoms with Crippen molar-refractivity contribution in [2.45, 2.75) is 6.61 Å². The lowest BCUT2D eigenvalue weighted by Crippen LogP contribution is -2.12. The molecule has 0 fully saturated rings. The number of amides is 1. The molecule has 0 atom stereocenters. The fourth-order valence-electron chi connectivity index (χ4n) is 2.43. The number of carbonyl (C=O) groups is 1. The smallest absolute Gasteiger partial charge is 0.387 e. The van der Waals surface area contributed by atoms with Crippen molar-refractivity contribution in [2.75, 3.05) is 19.5 Å². The zero-order valence-electron chi connectivity index (χ0n) is 14.9. The van der Waals surface area contributed by atoms with Gasteiger partial charge in [0.05, 0.1) is 19.8 Å². The average Bonchev–Trinajstić information content (AvgIpc) is 3.19. The number of anilines is 1. The largest absolute Gasteiger partial charge is 0.497 e. The van der Waals surface area contributed by atoms with Gasteiger partial charge in [-0.2, -0.15) is 8.78 Å². The number of aromatic nitrogens is 1. The maximum absolute atomic E-state index is 12.4. The summed E-state index contributed by atoms with van der Waals surface area (Å²) in [5.41, 5.74) is 0.991. The molecule has 0 unspecified atom stereocenters. The number of nitrogens with one attached hydrogen (secondary N) is 1. The molecule has 9 heteroatoms. The van der Waals surface area contributed by atoms with E-state index in [2.05, 4.69) is 15.2 Å². The fourth-order valence-corrected chi connectivity index (χ4v) is 2.43. The second kappa shape index (κ2) is 8.38. The van der Waals surface area contributed by atoms with E-state index in [1.54, 1.807) is 18.2 Å². The van der Waals surface area contributed by atoms with Gasteiger partial charge in [-0.05, 0) is 42.5 Å². The standard InChI is InChI=1S/C19H16F2N2O5/c1-25-13-7-8-16(26-2)14(9-13)17-10-15(23-28-17)18(24)22-11-3-5-12(6-4-11)27-19(20)21/h3-10,19H,1-2H3,(H,22,24). The molecule has 0 aliphatic rings. The van der Waals surface area contributed by atoms with Crippen molar-refractivity contribution in [2.24, 2.45) is 0 Å². The van der Waals surface area contributed by atoms with Gasteiger partial charge in [0.1, 0.15) is 17.2 Å². The molecule has 1 amide bonds. The van der Waals surface area contributed by atoms with Crippen molar-refractivity contribution in [1.29, 1.82) is 0 Å². The Balaban J connectivity index is 1.76. The Kier molecular flexibility index (Phi) is 5.73. The lowest BCUT2D eigenvalue weighted by atomic mass is 10.1. The van der Waals surface area contributed by atoms with E-state index in [0.29, 0.717) is 28.5 Å². The molecule has 0 aliphatic carbocycles. The van der Waals surface area contributed by atoms with Crippen molar-refractivity contribution < 1.29 is 32.3 Å². The zero-order valence-corrected chi connectivity index (χ0v) is 14.9. The molecule has 1 heterocycles. The summed E-state index contributed by atoms with van der Waals surface area (Å²) >= 11 is 0. The molecule has 1 N–H and O–H groups in total. The Morgan fingerprint density at radius 2 is 1.75 bits per heavy atom. The van der Waals surface area contributed by atoms with E-state index in [-0.39, 0.29) is 11.4 Å². The van der Waals surface area contributed by atoms with Gasteiger partial charge in [-0.1, -0.05) is 5.16 Å². The first-order valence-corrected chi connectivity index (χ1v) is 8.05. The molecule has 0 spiro atoms. The Bertz CT molecular complexity index is 957. The van der Waals surface area contributed by atoms with E-state index in [4.69, 9.17) is 14.0 Å². The summed E-state index contributed by atoms with van der Waals surface area (Å²) in [4.78, 5) is 12.4. The molecule has 0 saturated carbocycles. The van der Waals surface area contributed by atoms with E-state index < -0.39 is 12.5 Å². The number of nitrogens with zero attached hydrogens (tertiary/aromatic N) is 1. The van der Waals surface area contributed by atoms with E-state index in [9.17, 15) is 13.6 Å². The highest BCUT2D eigenvalue weighted by Crippen LogP contribution is 2.33. The van der Waals surface area contributed by atoms with E-state index in [1.807, 2.05) is 0 Å². The van der Waals surface area contributed by atoms with Crippen molar-refractivity contribution in [3.8, 4) is 28.6 Å². The van der Waals surface area contributed by atoms with Gasteiger partial charge in [-0.3, -0.25) is 4.79 Å². The van der Waals surface area contributed by atoms with Crippen LogP contribution in [0.1, 0.15) is 10.5 Å². The van der Waals surface area contributed by atoms with Crippen LogP contribution in [0.3, 0.4) is 0 Å². The SMILES string of the molecule is COc1ccc(OC)c(-c2cc(C(=O)Nc3ccc(OC(F)F)cc3)no2)c1. The molecule has 7 nitrogen and oxygen atoms in total. The van der Waals surface area contributed by atoms with Crippen LogP contribution in [0.25, 0.3) is 11.3 Å². The van der Waals surface area contributed by atoms with Gasteiger partial charge >= 0.3 is 6.61 Å². The van der Waals surface area contributed by atoms with Crippen LogP contribution in [0.2, 0.25) is 0 Å².